The highest BCUT2D eigenvalue weighted by Gasteiger charge is 2.34. The first kappa shape index (κ1) is 17.8. The fourth-order valence-corrected chi connectivity index (χ4v) is 3.06. The van der Waals surface area contributed by atoms with Crippen molar-refractivity contribution in [2.45, 2.75) is 19.3 Å². The summed E-state index contributed by atoms with van der Waals surface area (Å²) in [6.07, 6.45) is 0.152. The molecule has 0 spiro atoms. The highest BCUT2D eigenvalue weighted by Crippen LogP contribution is 2.44. The van der Waals surface area contributed by atoms with Crippen LogP contribution in [-0.4, -0.2) is 32.2 Å². The Morgan fingerprint density at radius 1 is 1.19 bits per heavy atom. The van der Waals surface area contributed by atoms with E-state index >= 15 is 0 Å². The van der Waals surface area contributed by atoms with E-state index in [1.165, 1.54) is 0 Å². The van der Waals surface area contributed by atoms with Gasteiger partial charge in [0.1, 0.15) is 0 Å². The summed E-state index contributed by atoms with van der Waals surface area (Å²) in [6.45, 7) is 2.39. The number of esters is 1. The Morgan fingerprint density at radius 3 is 2.65 bits per heavy atom. The Hall–Kier alpha value is -3.02. The number of anilines is 1. The molecular formula is C20H21NO5. The van der Waals surface area contributed by atoms with Crippen molar-refractivity contribution < 1.29 is 23.8 Å². The van der Waals surface area contributed by atoms with Crippen molar-refractivity contribution in [3.63, 3.8) is 0 Å². The molecular weight excluding hydrogens is 334 g/mol. The van der Waals surface area contributed by atoms with Gasteiger partial charge in [0.25, 0.3) is 5.91 Å². The van der Waals surface area contributed by atoms with Gasteiger partial charge < -0.3 is 19.5 Å². The lowest BCUT2D eigenvalue weighted by molar-refractivity contribution is -0.143. The molecule has 6 heteroatoms. The number of fused-ring (bicyclic) bond motifs is 1. The second kappa shape index (κ2) is 7.91. The summed E-state index contributed by atoms with van der Waals surface area (Å²) in [7, 11) is 1.54. The monoisotopic (exact) mass is 355 g/mol. The Bertz CT molecular complexity index is 803. The van der Waals surface area contributed by atoms with Crippen LogP contribution in [0.25, 0.3) is 0 Å². The van der Waals surface area contributed by atoms with Crippen molar-refractivity contribution in [2.24, 2.45) is 0 Å². The molecule has 136 valence electrons. The molecule has 0 aliphatic carbocycles. The predicted octanol–water partition coefficient (Wildman–Crippen LogP) is 3.38. The SMILES string of the molecule is CCOC(=O)CC1COc2c(OC)ccc(C(=O)Nc3ccccc3)c21. The number of para-hydroxylation sites is 1. The second-order valence-corrected chi connectivity index (χ2v) is 5.90. The number of methoxy groups -OCH3 is 1. The quantitative estimate of drug-likeness (QED) is 0.804. The molecule has 1 amide bonds. The van der Waals surface area contributed by atoms with Gasteiger partial charge in [0, 0.05) is 22.7 Å². The zero-order valence-electron chi connectivity index (χ0n) is 14.8. The third-order valence-corrected chi connectivity index (χ3v) is 4.21. The van der Waals surface area contributed by atoms with Crippen LogP contribution in [-0.2, 0) is 9.53 Å². The largest absolute Gasteiger partial charge is 0.493 e. The van der Waals surface area contributed by atoms with Crippen LogP contribution in [0.2, 0.25) is 0 Å². The molecule has 0 aromatic heterocycles. The second-order valence-electron chi connectivity index (χ2n) is 5.90. The summed E-state index contributed by atoms with van der Waals surface area (Å²) >= 11 is 0. The fraction of sp³-hybridized carbons (Fsp3) is 0.300. The lowest BCUT2D eigenvalue weighted by Gasteiger charge is -2.14. The Morgan fingerprint density at radius 2 is 1.96 bits per heavy atom. The van der Waals surface area contributed by atoms with Crippen molar-refractivity contribution in [1.29, 1.82) is 0 Å². The summed E-state index contributed by atoms with van der Waals surface area (Å²) in [4.78, 5) is 24.7. The van der Waals surface area contributed by atoms with E-state index in [2.05, 4.69) is 5.32 Å². The summed E-state index contributed by atoms with van der Waals surface area (Å²) in [5.41, 5.74) is 1.85. The van der Waals surface area contributed by atoms with E-state index in [0.29, 0.717) is 41.5 Å². The molecule has 1 N–H and O–H groups in total. The van der Waals surface area contributed by atoms with Gasteiger partial charge in [-0.15, -0.1) is 0 Å². The lowest BCUT2D eigenvalue weighted by Crippen LogP contribution is -2.17. The number of rotatable bonds is 6. The molecule has 3 rings (SSSR count). The van der Waals surface area contributed by atoms with Crippen LogP contribution in [0.4, 0.5) is 5.69 Å². The van der Waals surface area contributed by atoms with Gasteiger partial charge in [0.05, 0.1) is 26.7 Å². The highest BCUT2D eigenvalue weighted by atomic mass is 16.5. The smallest absolute Gasteiger partial charge is 0.306 e. The molecule has 0 radical (unpaired) electrons. The number of carbonyl (C=O) groups is 2. The standard InChI is InChI=1S/C20H21NO5/c1-3-25-17(22)11-13-12-26-19-16(24-2)10-9-15(18(13)19)20(23)21-14-7-5-4-6-8-14/h4-10,13H,3,11-12H2,1-2H3,(H,21,23). The number of hydrogen-bond acceptors (Lipinski definition) is 5. The Kier molecular flexibility index (Phi) is 5.41. The van der Waals surface area contributed by atoms with E-state index in [1.54, 1.807) is 26.2 Å². The molecule has 0 saturated heterocycles. The molecule has 1 heterocycles. The molecule has 0 fully saturated rings. The van der Waals surface area contributed by atoms with Crippen molar-refractivity contribution in [2.75, 3.05) is 25.6 Å². The molecule has 6 nitrogen and oxygen atoms in total. The van der Waals surface area contributed by atoms with Gasteiger partial charge >= 0.3 is 5.97 Å². The van der Waals surface area contributed by atoms with Gasteiger partial charge in [0.2, 0.25) is 0 Å². The molecule has 1 aliphatic rings. The lowest BCUT2D eigenvalue weighted by atomic mass is 9.92. The maximum atomic E-state index is 12.8. The van der Waals surface area contributed by atoms with Crippen LogP contribution in [0.3, 0.4) is 0 Å². The van der Waals surface area contributed by atoms with Crippen molar-refractivity contribution >= 4 is 17.6 Å². The first-order valence-corrected chi connectivity index (χ1v) is 8.49. The first-order chi connectivity index (χ1) is 12.6. The maximum Gasteiger partial charge on any atom is 0.306 e. The summed E-state index contributed by atoms with van der Waals surface area (Å²) < 4.78 is 16.1. The molecule has 0 saturated carbocycles. The molecule has 1 atom stereocenters. The summed E-state index contributed by atoms with van der Waals surface area (Å²) in [6, 6.07) is 12.6. The Balaban J connectivity index is 1.92. The maximum absolute atomic E-state index is 12.8. The van der Waals surface area contributed by atoms with E-state index in [0.717, 1.165) is 0 Å². The van der Waals surface area contributed by atoms with Gasteiger partial charge in [-0.25, -0.2) is 0 Å². The van der Waals surface area contributed by atoms with E-state index < -0.39 is 0 Å². The van der Waals surface area contributed by atoms with Crippen LogP contribution in [0.5, 0.6) is 11.5 Å². The number of amides is 1. The number of benzene rings is 2. The topological polar surface area (TPSA) is 73.9 Å². The minimum absolute atomic E-state index is 0.152. The van der Waals surface area contributed by atoms with Crippen molar-refractivity contribution in [3.05, 3.63) is 53.6 Å². The van der Waals surface area contributed by atoms with E-state index in [1.807, 2.05) is 30.3 Å². The summed E-state index contributed by atoms with van der Waals surface area (Å²) in [5, 5.41) is 2.87. The zero-order valence-corrected chi connectivity index (χ0v) is 14.8. The first-order valence-electron chi connectivity index (χ1n) is 8.49. The van der Waals surface area contributed by atoms with E-state index in [9.17, 15) is 9.59 Å². The van der Waals surface area contributed by atoms with Crippen LogP contribution < -0.4 is 14.8 Å². The van der Waals surface area contributed by atoms with Crippen LogP contribution in [0, 0.1) is 0 Å². The number of ether oxygens (including phenoxy) is 3. The minimum Gasteiger partial charge on any atom is -0.493 e. The van der Waals surface area contributed by atoms with Crippen molar-refractivity contribution in [1.82, 2.24) is 0 Å². The van der Waals surface area contributed by atoms with Gasteiger partial charge in [-0.1, -0.05) is 18.2 Å². The van der Waals surface area contributed by atoms with E-state index in [-0.39, 0.29) is 24.2 Å². The van der Waals surface area contributed by atoms with Gasteiger partial charge in [0.15, 0.2) is 11.5 Å². The zero-order chi connectivity index (χ0) is 18.5. The third-order valence-electron chi connectivity index (χ3n) is 4.21. The highest BCUT2D eigenvalue weighted by molar-refractivity contribution is 6.06. The molecule has 0 bridgehead atoms. The minimum atomic E-state index is -0.314. The molecule has 2 aromatic carbocycles. The number of nitrogens with one attached hydrogen (secondary N) is 1. The third kappa shape index (κ3) is 3.64. The predicted molar refractivity (Wildman–Crippen MR) is 96.9 cm³/mol. The van der Waals surface area contributed by atoms with Crippen LogP contribution >= 0.6 is 0 Å². The number of hydrogen-bond donors (Lipinski definition) is 1. The average Bonchev–Trinajstić information content (AvgIpc) is 3.05. The molecule has 2 aromatic rings. The van der Waals surface area contributed by atoms with Gasteiger partial charge in [-0.05, 0) is 31.2 Å². The van der Waals surface area contributed by atoms with Crippen molar-refractivity contribution in [3.8, 4) is 11.5 Å². The molecule has 26 heavy (non-hydrogen) atoms. The summed E-state index contributed by atoms with van der Waals surface area (Å²) in [5.74, 6) is 0.237. The fourth-order valence-electron chi connectivity index (χ4n) is 3.06. The van der Waals surface area contributed by atoms with E-state index in [4.69, 9.17) is 14.2 Å². The van der Waals surface area contributed by atoms with Crippen LogP contribution in [0.15, 0.2) is 42.5 Å². The Labute approximate surface area is 152 Å². The average molecular weight is 355 g/mol. The number of carbonyl (C=O) groups excluding carboxylic acids is 2. The van der Waals surface area contributed by atoms with Gasteiger partial charge in [-0.3, -0.25) is 9.59 Å². The normalized spacial score (nSPS) is 14.9. The van der Waals surface area contributed by atoms with Crippen LogP contribution in [0.1, 0.15) is 35.2 Å². The van der Waals surface area contributed by atoms with Gasteiger partial charge in [-0.2, -0.15) is 0 Å². The molecule has 1 aliphatic heterocycles. The molecule has 1 unspecified atom stereocenters.